The van der Waals surface area contributed by atoms with Crippen molar-refractivity contribution in [3.63, 3.8) is 0 Å². The number of aliphatic carboxylic acids is 1. The van der Waals surface area contributed by atoms with Crippen molar-refractivity contribution < 1.29 is 9.90 Å². The van der Waals surface area contributed by atoms with Gasteiger partial charge in [-0.25, -0.2) is 0 Å². The predicted molar refractivity (Wildman–Crippen MR) is 76.3 cm³/mol. The Morgan fingerprint density at radius 1 is 1.26 bits per heavy atom. The highest BCUT2D eigenvalue weighted by atomic mass is 16.4. The summed E-state index contributed by atoms with van der Waals surface area (Å²) < 4.78 is 0. The zero-order valence-electron chi connectivity index (χ0n) is 12.1. The molecule has 2 rings (SSSR count). The minimum absolute atomic E-state index is 0.190. The van der Waals surface area contributed by atoms with Crippen LogP contribution in [0.3, 0.4) is 0 Å². The van der Waals surface area contributed by atoms with Crippen LogP contribution in [0.15, 0.2) is 0 Å². The van der Waals surface area contributed by atoms with Gasteiger partial charge >= 0.3 is 5.97 Å². The highest BCUT2D eigenvalue weighted by Gasteiger charge is 2.32. The standard InChI is InChI=1S/C15H28N2O2/c1-2-3-8-17-10-12(15(18)19)9-14(11-17)16-13-6-4-5-7-13/h12-14,16H,2-11H2,1H3,(H,18,19). The molecule has 0 aromatic heterocycles. The number of piperidine rings is 1. The van der Waals surface area contributed by atoms with E-state index >= 15 is 0 Å². The van der Waals surface area contributed by atoms with Gasteiger partial charge in [0.25, 0.3) is 0 Å². The zero-order chi connectivity index (χ0) is 13.7. The van der Waals surface area contributed by atoms with Crippen molar-refractivity contribution in [3.05, 3.63) is 0 Å². The first-order chi connectivity index (χ1) is 9.19. The molecule has 2 atom stereocenters. The van der Waals surface area contributed by atoms with Gasteiger partial charge in [-0.15, -0.1) is 0 Å². The van der Waals surface area contributed by atoms with E-state index in [0.29, 0.717) is 12.1 Å². The number of carboxylic acid groups (broad SMARTS) is 1. The second kappa shape index (κ2) is 7.25. The number of likely N-dealkylation sites (tertiary alicyclic amines) is 1. The Labute approximate surface area is 116 Å². The molecule has 0 spiro atoms. The van der Waals surface area contributed by atoms with Crippen molar-refractivity contribution in [2.75, 3.05) is 19.6 Å². The van der Waals surface area contributed by atoms with Gasteiger partial charge < -0.3 is 15.3 Å². The Morgan fingerprint density at radius 2 is 2.00 bits per heavy atom. The lowest BCUT2D eigenvalue weighted by Gasteiger charge is -2.37. The van der Waals surface area contributed by atoms with Crippen LogP contribution in [0.5, 0.6) is 0 Å². The molecule has 2 fully saturated rings. The fourth-order valence-corrected chi connectivity index (χ4v) is 3.48. The molecule has 0 radical (unpaired) electrons. The smallest absolute Gasteiger partial charge is 0.307 e. The van der Waals surface area contributed by atoms with Crippen molar-refractivity contribution in [1.82, 2.24) is 10.2 Å². The van der Waals surface area contributed by atoms with Crippen LogP contribution in [0.4, 0.5) is 0 Å². The molecule has 4 heteroatoms. The van der Waals surface area contributed by atoms with Gasteiger partial charge in [0, 0.05) is 25.2 Å². The Balaban J connectivity index is 1.87. The van der Waals surface area contributed by atoms with Gasteiger partial charge in [-0.2, -0.15) is 0 Å². The van der Waals surface area contributed by atoms with Gasteiger partial charge in [0.05, 0.1) is 5.92 Å². The first-order valence-corrected chi connectivity index (χ1v) is 7.90. The molecule has 1 saturated carbocycles. The molecule has 1 saturated heterocycles. The third-order valence-electron chi connectivity index (χ3n) is 4.53. The summed E-state index contributed by atoms with van der Waals surface area (Å²) in [7, 11) is 0. The van der Waals surface area contributed by atoms with E-state index in [2.05, 4.69) is 17.1 Å². The summed E-state index contributed by atoms with van der Waals surface area (Å²) >= 11 is 0. The summed E-state index contributed by atoms with van der Waals surface area (Å²) in [4.78, 5) is 13.6. The average molecular weight is 268 g/mol. The minimum atomic E-state index is -0.626. The predicted octanol–water partition coefficient (Wildman–Crippen LogP) is 2.09. The second-order valence-corrected chi connectivity index (χ2v) is 6.23. The number of carbonyl (C=O) groups is 1. The van der Waals surface area contributed by atoms with Crippen molar-refractivity contribution in [2.24, 2.45) is 5.92 Å². The zero-order valence-corrected chi connectivity index (χ0v) is 12.1. The van der Waals surface area contributed by atoms with Crippen LogP contribution >= 0.6 is 0 Å². The topological polar surface area (TPSA) is 52.6 Å². The Bertz CT molecular complexity index is 290. The van der Waals surface area contributed by atoms with Crippen LogP contribution in [0.25, 0.3) is 0 Å². The maximum Gasteiger partial charge on any atom is 0.307 e. The van der Waals surface area contributed by atoms with Crippen LogP contribution in [-0.4, -0.2) is 47.7 Å². The summed E-state index contributed by atoms with van der Waals surface area (Å²) in [6.07, 6.45) is 8.33. The monoisotopic (exact) mass is 268 g/mol. The number of carboxylic acids is 1. The summed E-state index contributed by atoms with van der Waals surface area (Å²) in [6, 6.07) is 1.00. The molecular formula is C15H28N2O2. The molecule has 0 aromatic carbocycles. The summed E-state index contributed by atoms with van der Waals surface area (Å²) in [5.41, 5.74) is 0. The van der Waals surface area contributed by atoms with Crippen molar-refractivity contribution >= 4 is 5.97 Å². The molecule has 4 nitrogen and oxygen atoms in total. The Morgan fingerprint density at radius 3 is 2.63 bits per heavy atom. The fourth-order valence-electron chi connectivity index (χ4n) is 3.48. The van der Waals surface area contributed by atoms with E-state index in [-0.39, 0.29) is 5.92 Å². The van der Waals surface area contributed by atoms with Gasteiger partial charge in [0.2, 0.25) is 0 Å². The molecule has 1 aliphatic carbocycles. The van der Waals surface area contributed by atoms with E-state index in [1.54, 1.807) is 0 Å². The largest absolute Gasteiger partial charge is 0.481 e. The Hall–Kier alpha value is -0.610. The maximum absolute atomic E-state index is 11.3. The van der Waals surface area contributed by atoms with Gasteiger partial charge in [0.1, 0.15) is 0 Å². The van der Waals surface area contributed by atoms with Gasteiger partial charge in [0.15, 0.2) is 0 Å². The fraction of sp³-hybridized carbons (Fsp3) is 0.933. The van der Waals surface area contributed by atoms with Crippen LogP contribution in [0.1, 0.15) is 51.9 Å². The molecule has 0 amide bonds. The molecule has 1 heterocycles. The highest BCUT2D eigenvalue weighted by molar-refractivity contribution is 5.70. The first-order valence-electron chi connectivity index (χ1n) is 7.90. The second-order valence-electron chi connectivity index (χ2n) is 6.23. The molecular weight excluding hydrogens is 240 g/mol. The van der Waals surface area contributed by atoms with Gasteiger partial charge in [-0.05, 0) is 32.2 Å². The quantitative estimate of drug-likeness (QED) is 0.774. The van der Waals surface area contributed by atoms with E-state index < -0.39 is 5.97 Å². The van der Waals surface area contributed by atoms with Crippen molar-refractivity contribution in [3.8, 4) is 0 Å². The first kappa shape index (κ1) is 14.8. The summed E-state index contributed by atoms with van der Waals surface area (Å²) in [5, 5.41) is 13.0. The van der Waals surface area contributed by atoms with E-state index in [0.717, 1.165) is 26.1 Å². The minimum Gasteiger partial charge on any atom is -0.481 e. The van der Waals surface area contributed by atoms with Crippen LogP contribution in [-0.2, 0) is 4.79 Å². The normalized spacial score (nSPS) is 29.7. The number of unbranched alkanes of at least 4 members (excludes halogenated alkanes) is 1. The number of nitrogens with one attached hydrogen (secondary N) is 1. The lowest BCUT2D eigenvalue weighted by Crippen LogP contribution is -2.53. The average Bonchev–Trinajstić information content (AvgIpc) is 2.89. The lowest BCUT2D eigenvalue weighted by atomic mass is 9.93. The van der Waals surface area contributed by atoms with Crippen LogP contribution in [0, 0.1) is 5.92 Å². The number of rotatable bonds is 6. The van der Waals surface area contributed by atoms with E-state index in [1.807, 2.05) is 0 Å². The number of hydrogen-bond acceptors (Lipinski definition) is 3. The molecule has 19 heavy (non-hydrogen) atoms. The third kappa shape index (κ3) is 4.46. The van der Waals surface area contributed by atoms with Crippen molar-refractivity contribution in [2.45, 2.75) is 64.0 Å². The summed E-state index contributed by atoms with van der Waals surface area (Å²) in [5.74, 6) is -0.816. The van der Waals surface area contributed by atoms with Gasteiger partial charge in [-0.3, -0.25) is 4.79 Å². The van der Waals surface area contributed by atoms with Gasteiger partial charge in [-0.1, -0.05) is 26.2 Å². The highest BCUT2D eigenvalue weighted by Crippen LogP contribution is 2.22. The molecule has 0 aromatic rings. The van der Waals surface area contributed by atoms with E-state index in [4.69, 9.17) is 0 Å². The molecule has 2 aliphatic rings. The number of hydrogen-bond donors (Lipinski definition) is 2. The molecule has 110 valence electrons. The SMILES string of the molecule is CCCCN1CC(NC2CCCC2)CC(C(=O)O)C1. The molecule has 2 unspecified atom stereocenters. The number of nitrogens with zero attached hydrogens (tertiary/aromatic N) is 1. The molecule has 1 aliphatic heterocycles. The third-order valence-corrected chi connectivity index (χ3v) is 4.53. The van der Waals surface area contributed by atoms with Crippen molar-refractivity contribution in [1.29, 1.82) is 0 Å². The Kier molecular flexibility index (Phi) is 5.64. The lowest BCUT2D eigenvalue weighted by molar-refractivity contribution is -0.144. The summed E-state index contributed by atoms with van der Waals surface area (Å²) in [6.45, 7) is 4.99. The van der Waals surface area contributed by atoms with Crippen LogP contribution < -0.4 is 5.32 Å². The van der Waals surface area contributed by atoms with E-state index in [9.17, 15) is 9.90 Å². The molecule has 0 bridgehead atoms. The maximum atomic E-state index is 11.3. The van der Waals surface area contributed by atoms with E-state index in [1.165, 1.54) is 38.5 Å². The molecule has 2 N–H and O–H groups in total. The van der Waals surface area contributed by atoms with Crippen LogP contribution in [0.2, 0.25) is 0 Å².